The Morgan fingerprint density at radius 2 is 1.96 bits per heavy atom. The highest BCUT2D eigenvalue weighted by Crippen LogP contribution is 2.23. The minimum Gasteiger partial charge on any atom is -0.402 e. The molecule has 0 saturated carbocycles. The summed E-state index contributed by atoms with van der Waals surface area (Å²) in [5, 5.41) is 2.65. The molecule has 0 aromatic heterocycles. The summed E-state index contributed by atoms with van der Waals surface area (Å²) in [6.45, 7) is 1.42. The number of nitrogens with zero attached hydrogens (tertiary/aromatic N) is 1. The van der Waals surface area contributed by atoms with E-state index in [-0.39, 0.29) is 23.3 Å². The highest BCUT2D eigenvalue weighted by atomic mass is 79.9. The molecule has 3 rings (SSSR count). The predicted octanol–water partition coefficient (Wildman–Crippen LogP) is 3.89. The maximum absolute atomic E-state index is 13.3. The summed E-state index contributed by atoms with van der Waals surface area (Å²) in [5.74, 6) is -0.971. The summed E-state index contributed by atoms with van der Waals surface area (Å²) >= 11 is 3.10. The molecule has 2 aromatic rings. The summed E-state index contributed by atoms with van der Waals surface area (Å²) in [6.07, 6.45) is 1.52. The molecule has 1 amide bonds. The largest absolute Gasteiger partial charge is 0.402 e. The van der Waals surface area contributed by atoms with Gasteiger partial charge in [-0.3, -0.25) is 4.79 Å². The SMILES string of the molecule is CC(=O)Nc1ccc(C2=N/C(=C\c3ccc(F)c(Br)c3)C(=O)O2)cc1. The average molecular weight is 403 g/mol. The van der Waals surface area contributed by atoms with Crippen molar-refractivity contribution in [2.45, 2.75) is 6.92 Å². The molecule has 0 atom stereocenters. The smallest absolute Gasteiger partial charge is 0.363 e. The molecule has 5 nitrogen and oxygen atoms in total. The van der Waals surface area contributed by atoms with Crippen molar-refractivity contribution in [2.75, 3.05) is 5.32 Å². The van der Waals surface area contributed by atoms with Gasteiger partial charge in [0.25, 0.3) is 0 Å². The predicted molar refractivity (Wildman–Crippen MR) is 95.5 cm³/mol. The van der Waals surface area contributed by atoms with Crippen molar-refractivity contribution in [1.82, 2.24) is 0 Å². The van der Waals surface area contributed by atoms with E-state index >= 15 is 0 Å². The number of carbonyl (C=O) groups is 2. The van der Waals surface area contributed by atoms with Gasteiger partial charge in [0.1, 0.15) is 5.82 Å². The summed E-state index contributed by atoms with van der Waals surface area (Å²) in [4.78, 5) is 27.2. The van der Waals surface area contributed by atoms with Gasteiger partial charge in [-0.05, 0) is 64.0 Å². The molecule has 1 N–H and O–H groups in total. The van der Waals surface area contributed by atoms with Gasteiger partial charge in [0.05, 0.1) is 4.47 Å². The number of anilines is 1. The fourth-order valence-electron chi connectivity index (χ4n) is 2.19. The highest BCUT2D eigenvalue weighted by Gasteiger charge is 2.24. The van der Waals surface area contributed by atoms with Crippen LogP contribution in [0.15, 0.2) is 57.6 Å². The molecule has 1 aliphatic rings. The second-order valence-electron chi connectivity index (χ2n) is 5.27. The molecule has 0 unspecified atom stereocenters. The quantitative estimate of drug-likeness (QED) is 0.625. The second-order valence-corrected chi connectivity index (χ2v) is 6.12. The summed E-state index contributed by atoms with van der Waals surface area (Å²) in [6, 6.07) is 11.1. The number of hydrogen-bond donors (Lipinski definition) is 1. The first kappa shape index (κ1) is 17.0. The van der Waals surface area contributed by atoms with Crippen molar-refractivity contribution >= 4 is 45.5 Å². The molecule has 0 fully saturated rings. The lowest BCUT2D eigenvalue weighted by Gasteiger charge is -2.03. The van der Waals surface area contributed by atoms with Crippen molar-refractivity contribution < 1.29 is 18.7 Å². The van der Waals surface area contributed by atoms with Crippen molar-refractivity contribution in [3.63, 3.8) is 0 Å². The normalized spacial score (nSPS) is 15.1. The van der Waals surface area contributed by atoms with Crippen LogP contribution in [0.1, 0.15) is 18.1 Å². The second kappa shape index (κ2) is 6.98. The molecule has 0 saturated heterocycles. The van der Waals surface area contributed by atoms with E-state index in [0.29, 0.717) is 21.3 Å². The molecule has 25 heavy (non-hydrogen) atoms. The number of aliphatic imine (C=N–C) groups is 1. The zero-order chi connectivity index (χ0) is 18.0. The van der Waals surface area contributed by atoms with Gasteiger partial charge in [-0.1, -0.05) is 6.07 Å². The van der Waals surface area contributed by atoms with Crippen LogP contribution in [-0.2, 0) is 14.3 Å². The number of carbonyl (C=O) groups excluding carboxylic acids is 2. The highest BCUT2D eigenvalue weighted by molar-refractivity contribution is 9.10. The van der Waals surface area contributed by atoms with Crippen LogP contribution in [0.2, 0.25) is 0 Å². The van der Waals surface area contributed by atoms with Crippen LogP contribution in [0.5, 0.6) is 0 Å². The Bertz CT molecular complexity index is 920. The van der Waals surface area contributed by atoms with Gasteiger partial charge < -0.3 is 10.1 Å². The molecule has 7 heteroatoms. The van der Waals surface area contributed by atoms with Crippen LogP contribution in [0.4, 0.5) is 10.1 Å². The van der Waals surface area contributed by atoms with Gasteiger partial charge >= 0.3 is 5.97 Å². The molecular weight excluding hydrogens is 391 g/mol. The topological polar surface area (TPSA) is 67.8 Å². The van der Waals surface area contributed by atoms with Crippen molar-refractivity contribution in [3.05, 3.63) is 69.6 Å². The van der Waals surface area contributed by atoms with Crippen LogP contribution in [-0.4, -0.2) is 17.8 Å². The zero-order valence-corrected chi connectivity index (χ0v) is 14.6. The maximum atomic E-state index is 13.3. The number of cyclic esters (lactones) is 1. The number of ether oxygens (including phenoxy) is 1. The number of amides is 1. The van der Waals surface area contributed by atoms with E-state index in [9.17, 15) is 14.0 Å². The zero-order valence-electron chi connectivity index (χ0n) is 13.0. The molecule has 1 heterocycles. The third-order valence-corrected chi connectivity index (χ3v) is 3.93. The number of hydrogen-bond acceptors (Lipinski definition) is 4. The molecule has 0 bridgehead atoms. The number of benzene rings is 2. The van der Waals surface area contributed by atoms with Gasteiger partial charge in [0, 0.05) is 18.2 Å². The molecular formula is C18H12BrFN2O3. The maximum Gasteiger partial charge on any atom is 0.363 e. The van der Waals surface area contributed by atoms with E-state index in [2.05, 4.69) is 26.2 Å². The molecule has 0 spiro atoms. The van der Waals surface area contributed by atoms with Crippen LogP contribution >= 0.6 is 15.9 Å². The first-order valence-corrected chi connectivity index (χ1v) is 8.07. The molecule has 0 radical (unpaired) electrons. The van der Waals surface area contributed by atoms with Gasteiger partial charge in [0.2, 0.25) is 11.8 Å². The minimum absolute atomic E-state index is 0.124. The van der Waals surface area contributed by atoms with Gasteiger partial charge in [0.15, 0.2) is 5.70 Å². The summed E-state index contributed by atoms with van der Waals surface area (Å²) in [7, 11) is 0. The number of rotatable bonds is 3. The van der Waals surface area contributed by atoms with Crippen LogP contribution < -0.4 is 5.32 Å². The fraction of sp³-hybridized carbons (Fsp3) is 0.0556. The summed E-state index contributed by atoms with van der Waals surface area (Å²) < 4.78 is 18.7. The molecule has 1 aliphatic heterocycles. The number of halogens is 2. The Kier molecular flexibility index (Phi) is 4.76. The lowest BCUT2D eigenvalue weighted by molar-refractivity contribution is -0.129. The van der Waals surface area contributed by atoms with Crippen molar-refractivity contribution in [1.29, 1.82) is 0 Å². The lowest BCUT2D eigenvalue weighted by Crippen LogP contribution is -2.07. The van der Waals surface area contributed by atoms with E-state index < -0.39 is 5.97 Å². The Labute approximate surface area is 151 Å². The van der Waals surface area contributed by atoms with Crippen LogP contribution in [0.3, 0.4) is 0 Å². The monoisotopic (exact) mass is 402 g/mol. The Morgan fingerprint density at radius 1 is 1.24 bits per heavy atom. The Morgan fingerprint density at radius 3 is 2.60 bits per heavy atom. The molecule has 126 valence electrons. The van der Waals surface area contributed by atoms with Crippen molar-refractivity contribution in [2.24, 2.45) is 4.99 Å². The fourth-order valence-corrected chi connectivity index (χ4v) is 2.59. The van der Waals surface area contributed by atoms with E-state index in [4.69, 9.17) is 4.74 Å². The van der Waals surface area contributed by atoms with Gasteiger partial charge in [-0.2, -0.15) is 0 Å². The van der Waals surface area contributed by atoms with Crippen molar-refractivity contribution in [3.8, 4) is 0 Å². The number of esters is 1. The average Bonchev–Trinajstić information content (AvgIpc) is 2.92. The number of nitrogens with one attached hydrogen (secondary N) is 1. The first-order chi connectivity index (χ1) is 11.9. The first-order valence-electron chi connectivity index (χ1n) is 7.28. The Balaban J connectivity index is 1.85. The van der Waals surface area contributed by atoms with Crippen LogP contribution in [0.25, 0.3) is 6.08 Å². The van der Waals surface area contributed by atoms with Gasteiger partial charge in [-0.15, -0.1) is 0 Å². The van der Waals surface area contributed by atoms with E-state index in [0.717, 1.165) is 0 Å². The van der Waals surface area contributed by atoms with Gasteiger partial charge in [-0.25, -0.2) is 14.2 Å². The van der Waals surface area contributed by atoms with E-state index in [1.54, 1.807) is 30.3 Å². The third-order valence-electron chi connectivity index (χ3n) is 3.32. The Hall–Kier alpha value is -2.80. The van der Waals surface area contributed by atoms with E-state index in [1.807, 2.05) is 0 Å². The van der Waals surface area contributed by atoms with Crippen LogP contribution in [0, 0.1) is 5.82 Å². The molecule has 0 aliphatic carbocycles. The molecule has 2 aromatic carbocycles. The summed E-state index contributed by atoms with van der Waals surface area (Å²) in [5.41, 5.74) is 1.98. The standard InChI is InChI=1S/C18H12BrFN2O3/c1-10(23)21-13-5-3-12(4-6-13)17-22-16(18(24)25-17)9-11-2-7-15(20)14(19)8-11/h2-9H,1H3,(H,21,23)/b16-9-. The minimum atomic E-state index is -0.582. The van der Waals surface area contributed by atoms with E-state index in [1.165, 1.54) is 25.1 Å². The lowest BCUT2D eigenvalue weighted by atomic mass is 10.2. The third kappa shape index (κ3) is 4.00.